The van der Waals surface area contributed by atoms with Crippen LogP contribution in [-0.2, 0) is 6.61 Å². The van der Waals surface area contributed by atoms with Crippen LogP contribution in [0.15, 0.2) is 78.9 Å². The van der Waals surface area contributed by atoms with Gasteiger partial charge in [0.25, 0.3) is 5.69 Å². The zero-order valence-corrected chi connectivity index (χ0v) is 17.3. The van der Waals surface area contributed by atoms with E-state index in [1.165, 1.54) is 34.5 Å². The molecule has 0 fully saturated rings. The van der Waals surface area contributed by atoms with Gasteiger partial charge in [-0.2, -0.15) is 0 Å². The number of nitrogens with one attached hydrogen (secondary N) is 1. The van der Waals surface area contributed by atoms with Gasteiger partial charge in [-0.3, -0.25) is 10.1 Å². The predicted octanol–water partition coefficient (Wildman–Crippen LogP) is 6.31. The quantitative estimate of drug-likeness (QED) is 0.303. The molecule has 1 N–H and O–H groups in total. The van der Waals surface area contributed by atoms with Crippen LogP contribution >= 0.6 is 0 Å². The molecule has 3 aromatic rings. The van der Waals surface area contributed by atoms with Gasteiger partial charge in [0, 0.05) is 23.7 Å². The van der Waals surface area contributed by atoms with E-state index in [0.717, 1.165) is 17.7 Å². The van der Waals surface area contributed by atoms with Gasteiger partial charge in [-0.05, 0) is 66.3 Å². The summed E-state index contributed by atoms with van der Waals surface area (Å²) < 4.78 is 5.89. The van der Waals surface area contributed by atoms with Crippen molar-refractivity contribution >= 4 is 11.4 Å². The number of ether oxygens (including phenoxy) is 1. The van der Waals surface area contributed by atoms with Crippen LogP contribution in [0.4, 0.5) is 11.4 Å². The van der Waals surface area contributed by atoms with E-state index in [4.69, 9.17) is 4.74 Å². The van der Waals surface area contributed by atoms with Crippen molar-refractivity contribution in [2.45, 2.75) is 31.9 Å². The zero-order chi connectivity index (χ0) is 21.4. The number of fused-ring (bicyclic) bond motifs is 3. The third kappa shape index (κ3) is 3.79. The molecule has 2 aliphatic rings. The Balaban J connectivity index is 1.30. The molecule has 3 unspecified atom stereocenters. The first-order valence-electron chi connectivity index (χ1n) is 10.6. The van der Waals surface area contributed by atoms with Crippen molar-refractivity contribution in [3.63, 3.8) is 0 Å². The molecule has 0 amide bonds. The lowest BCUT2D eigenvalue weighted by Crippen LogP contribution is -2.29. The minimum Gasteiger partial charge on any atom is -0.489 e. The fourth-order valence-corrected chi connectivity index (χ4v) is 4.70. The summed E-state index contributed by atoms with van der Waals surface area (Å²) in [7, 11) is 0. The second kappa shape index (κ2) is 7.91. The SMILES string of the molecule is Cc1ccc2c(c1)C1C=CCC1C(c1ccc(OCc3ccc([N+](=O)[O-])cc3)cc1)N2. The van der Waals surface area contributed by atoms with Crippen molar-refractivity contribution in [2.24, 2.45) is 5.92 Å². The maximum Gasteiger partial charge on any atom is 0.269 e. The fourth-order valence-electron chi connectivity index (χ4n) is 4.70. The van der Waals surface area contributed by atoms with Crippen molar-refractivity contribution in [3.05, 3.63) is 111 Å². The van der Waals surface area contributed by atoms with Crippen molar-refractivity contribution < 1.29 is 9.66 Å². The minimum absolute atomic E-state index is 0.0875. The molecule has 156 valence electrons. The number of anilines is 1. The van der Waals surface area contributed by atoms with Crippen molar-refractivity contribution in [2.75, 3.05) is 5.32 Å². The van der Waals surface area contributed by atoms with Crippen LogP contribution in [0, 0.1) is 23.0 Å². The molecule has 0 saturated carbocycles. The molecular formula is C26H24N2O3. The Labute approximate surface area is 181 Å². The van der Waals surface area contributed by atoms with Crippen LogP contribution in [0.5, 0.6) is 5.75 Å². The Morgan fingerprint density at radius 3 is 2.58 bits per heavy atom. The molecule has 1 aliphatic carbocycles. The van der Waals surface area contributed by atoms with E-state index in [0.29, 0.717) is 18.4 Å². The van der Waals surface area contributed by atoms with Gasteiger partial charge in [0.15, 0.2) is 0 Å². The van der Waals surface area contributed by atoms with Crippen LogP contribution in [0.2, 0.25) is 0 Å². The summed E-state index contributed by atoms with van der Waals surface area (Å²) in [5.41, 5.74) is 6.17. The van der Waals surface area contributed by atoms with Gasteiger partial charge in [-0.25, -0.2) is 0 Å². The number of nitro groups is 1. The van der Waals surface area contributed by atoms with E-state index in [9.17, 15) is 10.1 Å². The topological polar surface area (TPSA) is 64.4 Å². The van der Waals surface area contributed by atoms with Gasteiger partial charge in [0.1, 0.15) is 12.4 Å². The van der Waals surface area contributed by atoms with E-state index < -0.39 is 4.92 Å². The monoisotopic (exact) mass is 412 g/mol. The summed E-state index contributed by atoms with van der Waals surface area (Å²) >= 11 is 0. The van der Waals surface area contributed by atoms with E-state index >= 15 is 0 Å². The number of benzene rings is 3. The Hall–Kier alpha value is -3.60. The Kier molecular flexibility index (Phi) is 4.94. The second-order valence-corrected chi connectivity index (χ2v) is 8.35. The molecule has 0 spiro atoms. The standard InChI is InChI=1S/C26H24N2O3/c1-17-5-14-25-24(15-17)22-3-2-4-23(22)26(27-25)19-8-12-21(13-9-19)31-16-18-6-10-20(11-7-18)28(29)30/h2-3,5-15,22-23,26-27H,4,16H2,1H3. The number of allylic oxidation sites excluding steroid dienone is 2. The van der Waals surface area contributed by atoms with Crippen LogP contribution in [0.3, 0.4) is 0 Å². The molecule has 0 bridgehead atoms. The van der Waals surface area contributed by atoms with E-state index in [2.05, 4.69) is 54.7 Å². The molecule has 0 aromatic heterocycles. The lowest BCUT2D eigenvalue weighted by Gasteiger charge is -2.37. The molecule has 3 atom stereocenters. The summed E-state index contributed by atoms with van der Waals surface area (Å²) in [6.07, 6.45) is 5.75. The van der Waals surface area contributed by atoms with Crippen LogP contribution in [0.1, 0.15) is 40.6 Å². The zero-order valence-electron chi connectivity index (χ0n) is 17.3. The van der Waals surface area contributed by atoms with Crippen LogP contribution in [0.25, 0.3) is 0 Å². The van der Waals surface area contributed by atoms with E-state index in [1.807, 2.05) is 12.1 Å². The Morgan fingerprint density at radius 1 is 1.06 bits per heavy atom. The lowest BCUT2D eigenvalue weighted by molar-refractivity contribution is -0.384. The summed E-state index contributed by atoms with van der Waals surface area (Å²) in [6.45, 7) is 2.52. The second-order valence-electron chi connectivity index (χ2n) is 8.35. The van der Waals surface area contributed by atoms with E-state index in [-0.39, 0.29) is 11.7 Å². The van der Waals surface area contributed by atoms with Crippen LogP contribution in [-0.4, -0.2) is 4.92 Å². The van der Waals surface area contributed by atoms with Crippen LogP contribution < -0.4 is 10.1 Å². The number of hydrogen-bond donors (Lipinski definition) is 1. The maximum atomic E-state index is 10.8. The van der Waals surface area contributed by atoms with Crippen molar-refractivity contribution in [1.82, 2.24) is 0 Å². The summed E-state index contributed by atoms with van der Waals surface area (Å²) in [6, 6.07) is 21.7. The molecular weight excluding hydrogens is 388 g/mol. The molecule has 0 saturated heterocycles. The first-order chi connectivity index (χ1) is 15.1. The summed E-state index contributed by atoms with van der Waals surface area (Å²) in [5.74, 6) is 1.76. The molecule has 1 aliphatic heterocycles. The fraction of sp³-hybridized carbons (Fsp3) is 0.231. The lowest BCUT2D eigenvalue weighted by atomic mass is 9.76. The van der Waals surface area contributed by atoms with E-state index in [1.54, 1.807) is 12.1 Å². The number of aryl methyl sites for hydroxylation is 1. The van der Waals surface area contributed by atoms with Gasteiger partial charge < -0.3 is 10.1 Å². The predicted molar refractivity (Wildman–Crippen MR) is 121 cm³/mol. The first-order valence-corrected chi connectivity index (χ1v) is 10.6. The molecule has 5 heteroatoms. The van der Waals surface area contributed by atoms with Gasteiger partial charge in [0.2, 0.25) is 0 Å². The normalized spacial score (nSPS) is 21.1. The molecule has 1 heterocycles. The maximum absolute atomic E-state index is 10.8. The Bertz CT molecular complexity index is 1140. The van der Waals surface area contributed by atoms with Gasteiger partial charge in [0.05, 0.1) is 11.0 Å². The summed E-state index contributed by atoms with van der Waals surface area (Å²) in [5, 5.41) is 14.5. The highest BCUT2D eigenvalue weighted by Gasteiger charge is 2.37. The van der Waals surface area contributed by atoms with Gasteiger partial charge in [-0.1, -0.05) is 42.0 Å². The molecule has 31 heavy (non-hydrogen) atoms. The molecule has 0 radical (unpaired) electrons. The smallest absolute Gasteiger partial charge is 0.269 e. The third-order valence-corrected chi connectivity index (χ3v) is 6.31. The average Bonchev–Trinajstić information content (AvgIpc) is 3.28. The minimum atomic E-state index is -0.396. The molecule has 5 rings (SSSR count). The highest BCUT2D eigenvalue weighted by Crippen LogP contribution is 2.50. The number of non-ortho nitro benzene ring substituents is 1. The molecule has 3 aromatic carbocycles. The number of rotatable bonds is 5. The summed E-state index contributed by atoms with van der Waals surface area (Å²) in [4.78, 5) is 10.4. The highest BCUT2D eigenvalue weighted by molar-refractivity contribution is 5.60. The largest absolute Gasteiger partial charge is 0.489 e. The highest BCUT2D eigenvalue weighted by atomic mass is 16.6. The van der Waals surface area contributed by atoms with Gasteiger partial charge >= 0.3 is 0 Å². The van der Waals surface area contributed by atoms with Gasteiger partial charge in [-0.15, -0.1) is 0 Å². The first kappa shape index (κ1) is 19.4. The number of hydrogen-bond acceptors (Lipinski definition) is 4. The number of nitrogens with zero attached hydrogens (tertiary/aromatic N) is 1. The Morgan fingerprint density at radius 2 is 1.84 bits per heavy atom. The number of nitro benzene ring substituents is 1. The van der Waals surface area contributed by atoms with Crippen molar-refractivity contribution in [3.8, 4) is 5.75 Å². The van der Waals surface area contributed by atoms with Crippen molar-refractivity contribution in [1.29, 1.82) is 0 Å². The average molecular weight is 412 g/mol. The molecule has 5 nitrogen and oxygen atoms in total. The third-order valence-electron chi connectivity index (χ3n) is 6.31.